The van der Waals surface area contributed by atoms with E-state index in [1.165, 1.54) is 0 Å². The van der Waals surface area contributed by atoms with Gasteiger partial charge in [0.15, 0.2) is 12.6 Å². The van der Waals surface area contributed by atoms with Gasteiger partial charge in [-0.25, -0.2) is 0 Å². The summed E-state index contributed by atoms with van der Waals surface area (Å²) in [6, 6.07) is 25.2. The van der Waals surface area contributed by atoms with E-state index in [1.807, 2.05) is 66.7 Å². The molecule has 0 aliphatic carbocycles. The Hall–Kier alpha value is -2.57. The van der Waals surface area contributed by atoms with Gasteiger partial charge in [0.05, 0.1) is 0 Å². The van der Waals surface area contributed by atoms with Gasteiger partial charge in [0.2, 0.25) is 0 Å². The van der Waals surface area contributed by atoms with Crippen molar-refractivity contribution in [3.8, 4) is 0 Å². The van der Waals surface area contributed by atoms with Gasteiger partial charge in [-0.05, 0) is 23.8 Å². The van der Waals surface area contributed by atoms with Gasteiger partial charge in [0.1, 0.15) is 0 Å². The lowest BCUT2D eigenvalue weighted by Gasteiger charge is -2.22. The van der Waals surface area contributed by atoms with Crippen molar-refractivity contribution in [3.05, 3.63) is 90.0 Å². The lowest BCUT2D eigenvalue weighted by molar-refractivity contribution is 0.111. The van der Waals surface area contributed by atoms with Gasteiger partial charge in [0.25, 0.3) is 0 Å². The molecule has 0 aliphatic heterocycles. The lowest BCUT2D eigenvalue weighted by atomic mass is 10.2. The molecule has 0 N–H and O–H groups in total. The average Bonchev–Trinajstić information content (AvgIpc) is 2.64. The van der Waals surface area contributed by atoms with Gasteiger partial charge in [-0.2, -0.15) is 0 Å². The second-order valence-electron chi connectivity index (χ2n) is 5.02. The molecule has 3 aromatic rings. The van der Waals surface area contributed by atoms with Crippen molar-refractivity contribution in [1.82, 2.24) is 0 Å². The fourth-order valence-corrected chi connectivity index (χ4v) is 5.09. The van der Waals surface area contributed by atoms with Gasteiger partial charge in [-0.15, -0.1) is 0 Å². The predicted molar refractivity (Wildman–Crippen MR) is 95.9 cm³/mol. The van der Waals surface area contributed by atoms with Crippen LogP contribution in [0.15, 0.2) is 78.9 Å². The summed E-state index contributed by atoms with van der Waals surface area (Å²) in [6.07, 6.45) is 1.77. The molecule has 3 aromatic carbocycles. The van der Waals surface area contributed by atoms with Gasteiger partial charge in [0, 0.05) is 11.1 Å². The summed E-state index contributed by atoms with van der Waals surface area (Å²) in [6.45, 7) is 0. The van der Waals surface area contributed by atoms with Crippen molar-refractivity contribution in [3.63, 3.8) is 0 Å². The first-order chi connectivity index (χ1) is 11.3. The number of hydrogen-bond donors (Lipinski definition) is 0. The molecule has 0 bridgehead atoms. The van der Waals surface area contributed by atoms with E-state index in [1.54, 1.807) is 0 Å². The molecule has 0 amide bonds. The third-order valence-electron chi connectivity index (χ3n) is 3.62. The van der Waals surface area contributed by atoms with Crippen LogP contribution < -0.4 is 15.9 Å². The molecule has 3 rings (SSSR count). The predicted octanol–water partition coefficient (Wildman–Crippen LogP) is 3.07. The smallest absolute Gasteiger partial charge is 0.150 e. The molecule has 0 fully saturated rings. The van der Waals surface area contributed by atoms with Crippen LogP contribution in [0.4, 0.5) is 0 Å². The maximum absolute atomic E-state index is 11.5. The van der Waals surface area contributed by atoms with Crippen LogP contribution in [0, 0.1) is 0 Å². The number of carbonyl (C=O) groups excluding carboxylic acids is 2. The Labute approximate surface area is 136 Å². The highest BCUT2D eigenvalue weighted by Crippen LogP contribution is 2.34. The van der Waals surface area contributed by atoms with E-state index in [-0.39, 0.29) is 0 Å². The number of hydrogen-bond acceptors (Lipinski definition) is 2. The fraction of sp³-hybridized carbons (Fsp3) is 0. The highest BCUT2D eigenvalue weighted by atomic mass is 31.1. The van der Waals surface area contributed by atoms with E-state index >= 15 is 0 Å². The van der Waals surface area contributed by atoms with Gasteiger partial charge >= 0.3 is 0 Å². The third kappa shape index (κ3) is 3.13. The number of benzene rings is 3. The number of rotatable bonds is 5. The molecule has 0 unspecified atom stereocenters. The summed E-state index contributed by atoms with van der Waals surface area (Å²) in [5, 5.41) is 3.06. The molecule has 0 aromatic heterocycles. The summed E-state index contributed by atoms with van der Waals surface area (Å²) in [7, 11) is -0.962. The molecule has 0 radical (unpaired) electrons. The Morgan fingerprint density at radius 1 is 0.565 bits per heavy atom. The SMILES string of the molecule is O=Cc1ccccc1P(c1ccccc1)c1ccccc1C=O. The molecule has 23 heavy (non-hydrogen) atoms. The standard InChI is InChI=1S/C20H15O2P/c21-14-16-8-4-6-12-19(16)23(18-10-2-1-3-11-18)20-13-7-5-9-17(20)15-22/h1-15H. The molecule has 112 valence electrons. The van der Waals surface area contributed by atoms with Crippen LogP contribution in [0.2, 0.25) is 0 Å². The normalized spacial score (nSPS) is 10.5. The topological polar surface area (TPSA) is 34.1 Å². The molecular weight excluding hydrogens is 303 g/mol. The summed E-state index contributed by atoms with van der Waals surface area (Å²) >= 11 is 0. The minimum atomic E-state index is -0.962. The zero-order valence-electron chi connectivity index (χ0n) is 12.4. The highest BCUT2D eigenvalue weighted by molar-refractivity contribution is 7.80. The van der Waals surface area contributed by atoms with E-state index in [0.717, 1.165) is 28.5 Å². The molecular formula is C20H15O2P. The zero-order valence-corrected chi connectivity index (χ0v) is 13.3. The van der Waals surface area contributed by atoms with Gasteiger partial charge in [-0.3, -0.25) is 9.59 Å². The van der Waals surface area contributed by atoms with Crippen molar-refractivity contribution in [2.45, 2.75) is 0 Å². The van der Waals surface area contributed by atoms with Gasteiger partial charge < -0.3 is 0 Å². The third-order valence-corrected chi connectivity index (χ3v) is 6.22. The van der Waals surface area contributed by atoms with Crippen LogP contribution in [-0.2, 0) is 0 Å². The zero-order chi connectivity index (χ0) is 16.1. The molecule has 0 saturated heterocycles. The molecule has 0 saturated carbocycles. The largest absolute Gasteiger partial charge is 0.298 e. The molecule has 0 heterocycles. The summed E-state index contributed by atoms with van der Waals surface area (Å²) < 4.78 is 0. The molecule has 0 aliphatic rings. The second-order valence-corrected chi connectivity index (χ2v) is 7.18. The van der Waals surface area contributed by atoms with Crippen LogP contribution >= 0.6 is 7.92 Å². The molecule has 2 nitrogen and oxygen atoms in total. The maximum Gasteiger partial charge on any atom is 0.150 e. The first-order valence-corrected chi connectivity index (χ1v) is 8.63. The van der Waals surface area contributed by atoms with Crippen LogP contribution in [0.5, 0.6) is 0 Å². The van der Waals surface area contributed by atoms with Crippen molar-refractivity contribution in [2.24, 2.45) is 0 Å². The Balaban J connectivity index is 2.27. The van der Waals surface area contributed by atoms with Crippen molar-refractivity contribution >= 4 is 36.4 Å². The van der Waals surface area contributed by atoms with E-state index in [9.17, 15) is 9.59 Å². The fourth-order valence-electron chi connectivity index (χ4n) is 2.57. The van der Waals surface area contributed by atoms with E-state index in [0.29, 0.717) is 11.1 Å². The van der Waals surface area contributed by atoms with E-state index in [2.05, 4.69) is 12.1 Å². The van der Waals surface area contributed by atoms with E-state index in [4.69, 9.17) is 0 Å². The van der Waals surface area contributed by atoms with Crippen LogP contribution in [0.3, 0.4) is 0 Å². The van der Waals surface area contributed by atoms with Crippen molar-refractivity contribution in [2.75, 3.05) is 0 Å². The minimum Gasteiger partial charge on any atom is -0.298 e. The van der Waals surface area contributed by atoms with E-state index < -0.39 is 7.92 Å². The van der Waals surface area contributed by atoms with Crippen molar-refractivity contribution in [1.29, 1.82) is 0 Å². The molecule has 0 spiro atoms. The van der Waals surface area contributed by atoms with Crippen LogP contribution in [0.1, 0.15) is 20.7 Å². The Morgan fingerprint density at radius 3 is 1.48 bits per heavy atom. The maximum atomic E-state index is 11.5. The first-order valence-electron chi connectivity index (χ1n) is 7.28. The van der Waals surface area contributed by atoms with Crippen molar-refractivity contribution < 1.29 is 9.59 Å². The van der Waals surface area contributed by atoms with Crippen LogP contribution in [-0.4, -0.2) is 12.6 Å². The summed E-state index contributed by atoms with van der Waals surface area (Å²) in [4.78, 5) is 23.0. The lowest BCUT2D eigenvalue weighted by Crippen LogP contribution is -2.25. The summed E-state index contributed by atoms with van der Waals surface area (Å²) in [5.41, 5.74) is 1.34. The summed E-state index contributed by atoms with van der Waals surface area (Å²) in [5.74, 6) is 0. The highest BCUT2D eigenvalue weighted by Gasteiger charge is 2.21. The first kappa shape index (κ1) is 15.3. The average molecular weight is 318 g/mol. The Kier molecular flexibility index (Phi) is 4.75. The van der Waals surface area contributed by atoms with Gasteiger partial charge in [-0.1, -0.05) is 78.9 Å². The molecule has 3 heteroatoms. The number of carbonyl (C=O) groups is 2. The number of aldehydes is 2. The second kappa shape index (κ2) is 7.13. The van der Waals surface area contributed by atoms with Crippen LogP contribution in [0.25, 0.3) is 0 Å². The monoisotopic (exact) mass is 318 g/mol. The Morgan fingerprint density at radius 2 is 1.00 bits per heavy atom. The quantitative estimate of drug-likeness (QED) is 0.535. The molecule has 0 atom stereocenters. The minimum absolute atomic E-state index is 0.670. The Bertz CT molecular complexity index is 776.